The minimum atomic E-state index is -0.328. The molecule has 114 valence electrons. The lowest BCUT2D eigenvalue weighted by atomic mass is 10.2. The molecule has 0 aliphatic heterocycles. The third-order valence-corrected chi connectivity index (χ3v) is 3.74. The van der Waals surface area contributed by atoms with E-state index in [0.29, 0.717) is 19.1 Å². The van der Waals surface area contributed by atoms with Gasteiger partial charge in [-0.15, -0.1) is 11.3 Å². The zero-order chi connectivity index (χ0) is 15.2. The molecule has 0 aliphatic carbocycles. The topological polar surface area (TPSA) is 34.1 Å². The van der Waals surface area contributed by atoms with Gasteiger partial charge in [-0.25, -0.2) is 9.37 Å². The van der Waals surface area contributed by atoms with E-state index in [2.05, 4.69) is 24.1 Å². The van der Waals surface area contributed by atoms with Crippen molar-refractivity contribution in [1.82, 2.24) is 10.3 Å². The quantitative estimate of drug-likeness (QED) is 0.842. The number of nitrogens with one attached hydrogen (secondary N) is 1. The molecule has 0 aliphatic rings. The minimum absolute atomic E-state index is 0.272. The van der Waals surface area contributed by atoms with Crippen molar-refractivity contribution in [3.05, 3.63) is 45.7 Å². The number of ether oxygens (including phenoxy) is 1. The highest BCUT2D eigenvalue weighted by molar-refractivity contribution is 7.09. The Balaban J connectivity index is 1.89. The predicted molar refractivity (Wildman–Crippen MR) is 84.1 cm³/mol. The molecule has 1 aromatic heterocycles. The standard InChI is InChI=1S/C16H21FN2OS/c1-11(2)7-18-8-13-4-5-16(15(17)6-13)20-9-14-10-21-12(3)19-14/h4-6,10-11,18H,7-9H2,1-3H3. The number of hydrogen-bond acceptors (Lipinski definition) is 4. The van der Waals surface area contributed by atoms with Crippen LogP contribution in [0.4, 0.5) is 4.39 Å². The first-order chi connectivity index (χ1) is 10.0. The smallest absolute Gasteiger partial charge is 0.165 e. The Hall–Kier alpha value is -1.46. The maximum Gasteiger partial charge on any atom is 0.165 e. The molecule has 0 bridgehead atoms. The average Bonchev–Trinajstić information content (AvgIpc) is 2.83. The van der Waals surface area contributed by atoms with Crippen LogP contribution < -0.4 is 10.1 Å². The SMILES string of the molecule is Cc1nc(COc2ccc(CNCC(C)C)cc2F)cs1. The second-order valence-electron chi connectivity index (χ2n) is 5.44. The molecule has 2 aromatic rings. The fourth-order valence-corrected chi connectivity index (χ4v) is 2.50. The van der Waals surface area contributed by atoms with Crippen molar-refractivity contribution in [2.75, 3.05) is 6.54 Å². The van der Waals surface area contributed by atoms with Crippen LogP contribution in [0.2, 0.25) is 0 Å². The number of nitrogens with zero attached hydrogens (tertiary/aromatic N) is 1. The summed E-state index contributed by atoms with van der Waals surface area (Å²) in [6.45, 7) is 8.11. The summed E-state index contributed by atoms with van der Waals surface area (Å²) in [5.74, 6) is 0.526. The summed E-state index contributed by atoms with van der Waals surface area (Å²) in [5.41, 5.74) is 1.75. The van der Waals surface area contributed by atoms with Gasteiger partial charge in [-0.1, -0.05) is 19.9 Å². The average molecular weight is 308 g/mol. The van der Waals surface area contributed by atoms with E-state index < -0.39 is 0 Å². The number of rotatable bonds is 7. The fraction of sp³-hybridized carbons (Fsp3) is 0.438. The van der Waals surface area contributed by atoms with Crippen LogP contribution >= 0.6 is 11.3 Å². The van der Waals surface area contributed by atoms with Crippen molar-refractivity contribution >= 4 is 11.3 Å². The molecule has 0 saturated carbocycles. The predicted octanol–water partition coefficient (Wildman–Crippen LogP) is 3.92. The summed E-state index contributed by atoms with van der Waals surface area (Å²) in [7, 11) is 0. The zero-order valence-electron chi connectivity index (χ0n) is 12.6. The third kappa shape index (κ3) is 5.10. The highest BCUT2D eigenvalue weighted by Crippen LogP contribution is 2.20. The molecular weight excluding hydrogens is 287 g/mol. The second-order valence-corrected chi connectivity index (χ2v) is 6.50. The molecule has 1 heterocycles. The zero-order valence-corrected chi connectivity index (χ0v) is 13.5. The van der Waals surface area contributed by atoms with Crippen molar-refractivity contribution in [3.8, 4) is 5.75 Å². The molecule has 0 fully saturated rings. The molecule has 1 aromatic carbocycles. The molecule has 21 heavy (non-hydrogen) atoms. The van der Waals surface area contributed by atoms with E-state index in [0.717, 1.165) is 22.8 Å². The van der Waals surface area contributed by atoms with Crippen molar-refractivity contribution in [2.45, 2.75) is 33.9 Å². The van der Waals surface area contributed by atoms with Gasteiger partial charge in [0.2, 0.25) is 0 Å². The van der Waals surface area contributed by atoms with Crippen molar-refractivity contribution in [3.63, 3.8) is 0 Å². The van der Waals surface area contributed by atoms with Crippen LogP contribution in [0.5, 0.6) is 5.75 Å². The van der Waals surface area contributed by atoms with E-state index in [9.17, 15) is 4.39 Å². The Bertz CT molecular complexity index is 583. The molecule has 2 rings (SSSR count). The molecule has 0 spiro atoms. The minimum Gasteiger partial charge on any atom is -0.484 e. The van der Waals surface area contributed by atoms with Crippen LogP contribution in [-0.2, 0) is 13.2 Å². The fourth-order valence-electron chi connectivity index (χ4n) is 1.90. The highest BCUT2D eigenvalue weighted by atomic mass is 32.1. The molecule has 5 heteroatoms. The maximum absolute atomic E-state index is 14.0. The summed E-state index contributed by atoms with van der Waals surface area (Å²) in [6, 6.07) is 5.09. The van der Waals surface area contributed by atoms with Gasteiger partial charge in [0.05, 0.1) is 10.7 Å². The Morgan fingerprint density at radius 2 is 2.19 bits per heavy atom. The third-order valence-electron chi connectivity index (χ3n) is 2.92. The number of aromatic nitrogens is 1. The number of benzene rings is 1. The lowest BCUT2D eigenvalue weighted by Crippen LogP contribution is -2.19. The Kier molecular flexibility index (Phi) is 5.70. The molecule has 0 saturated heterocycles. The number of halogens is 1. The van der Waals surface area contributed by atoms with Gasteiger partial charge in [-0.2, -0.15) is 0 Å². The Labute approximate surface area is 129 Å². The first kappa shape index (κ1) is 15.9. The van der Waals surface area contributed by atoms with Crippen LogP contribution in [0.1, 0.15) is 30.1 Å². The largest absolute Gasteiger partial charge is 0.484 e. The van der Waals surface area contributed by atoms with Gasteiger partial charge in [0.1, 0.15) is 6.61 Å². The summed E-state index contributed by atoms with van der Waals surface area (Å²) in [6.07, 6.45) is 0. The monoisotopic (exact) mass is 308 g/mol. The normalized spacial score (nSPS) is 11.1. The molecule has 1 N–H and O–H groups in total. The summed E-state index contributed by atoms with van der Waals surface area (Å²) >= 11 is 1.56. The van der Waals surface area contributed by atoms with Crippen molar-refractivity contribution in [1.29, 1.82) is 0 Å². The molecular formula is C16H21FN2OS. The summed E-state index contributed by atoms with van der Waals surface area (Å²) in [5, 5.41) is 6.21. The molecule has 0 unspecified atom stereocenters. The highest BCUT2D eigenvalue weighted by Gasteiger charge is 2.07. The molecule has 0 atom stereocenters. The van der Waals surface area contributed by atoms with Crippen molar-refractivity contribution < 1.29 is 9.13 Å². The van der Waals surface area contributed by atoms with Crippen LogP contribution in [0.25, 0.3) is 0 Å². The Morgan fingerprint density at radius 3 is 2.81 bits per heavy atom. The van der Waals surface area contributed by atoms with E-state index in [4.69, 9.17) is 4.74 Å². The van der Waals surface area contributed by atoms with Gasteiger partial charge < -0.3 is 10.1 Å². The second kappa shape index (κ2) is 7.52. The van der Waals surface area contributed by atoms with Crippen molar-refractivity contribution in [2.24, 2.45) is 5.92 Å². The van der Waals surface area contributed by atoms with Gasteiger partial charge >= 0.3 is 0 Å². The van der Waals surface area contributed by atoms with Gasteiger partial charge in [0.15, 0.2) is 11.6 Å². The molecule has 0 amide bonds. The van der Waals surface area contributed by atoms with E-state index in [-0.39, 0.29) is 11.6 Å². The number of hydrogen-bond donors (Lipinski definition) is 1. The van der Waals surface area contributed by atoms with Crippen LogP contribution in [0.15, 0.2) is 23.6 Å². The van der Waals surface area contributed by atoms with Crippen LogP contribution in [0, 0.1) is 18.7 Å². The maximum atomic E-state index is 14.0. The van der Waals surface area contributed by atoms with Gasteiger partial charge in [-0.3, -0.25) is 0 Å². The van der Waals surface area contributed by atoms with E-state index in [1.54, 1.807) is 17.4 Å². The first-order valence-electron chi connectivity index (χ1n) is 7.07. The van der Waals surface area contributed by atoms with E-state index in [1.165, 1.54) is 6.07 Å². The van der Waals surface area contributed by atoms with Crippen LogP contribution in [-0.4, -0.2) is 11.5 Å². The molecule has 0 radical (unpaired) electrons. The summed E-state index contributed by atoms with van der Waals surface area (Å²) in [4.78, 5) is 4.29. The number of thiazole rings is 1. The van der Waals surface area contributed by atoms with Gasteiger partial charge in [0, 0.05) is 11.9 Å². The van der Waals surface area contributed by atoms with Gasteiger partial charge in [-0.05, 0) is 37.1 Å². The van der Waals surface area contributed by atoms with Gasteiger partial charge in [0.25, 0.3) is 0 Å². The van der Waals surface area contributed by atoms with E-state index in [1.807, 2.05) is 18.4 Å². The lowest BCUT2D eigenvalue weighted by Gasteiger charge is -2.10. The number of aryl methyl sites for hydroxylation is 1. The Morgan fingerprint density at radius 1 is 1.38 bits per heavy atom. The first-order valence-corrected chi connectivity index (χ1v) is 7.95. The molecule has 3 nitrogen and oxygen atoms in total. The summed E-state index contributed by atoms with van der Waals surface area (Å²) < 4.78 is 19.5. The van der Waals surface area contributed by atoms with Crippen LogP contribution in [0.3, 0.4) is 0 Å². The van der Waals surface area contributed by atoms with E-state index >= 15 is 0 Å². The lowest BCUT2D eigenvalue weighted by molar-refractivity contribution is 0.286.